The lowest BCUT2D eigenvalue weighted by Crippen LogP contribution is -2.01. The quantitative estimate of drug-likeness (QED) is 0.689. The fourth-order valence-corrected chi connectivity index (χ4v) is 2.84. The first kappa shape index (κ1) is 13.6. The molecule has 2 aromatic rings. The van der Waals surface area contributed by atoms with E-state index >= 15 is 0 Å². The van der Waals surface area contributed by atoms with Gasteiger partial charge in [-0.3, -0.25) is 10.1 Å². The van der Waals surface area contributed by atoms with Gasteiger partial charge in [-0.2, -0.15) is 0 Å². The molecule has 6 heteroatoms. The van der Waals surface area contributed by atoms with Crippen LogP contribution in [0.5, 0.6) is 0 Å². The number of aliphatic hydroxyl groups excluding tert-OH is 1. The maximum absolute atomic E-state index is 10.6. The molecule has 0 fully saturated rings. The number of hydrogen-bond acceptors (Lipinski definition) is 5. The Labute approximate surface area is 114 Å². The normalized spacial score (nSPS) is 12.4. The number of non-ortho nitro benzene ring substituents is 1. The zero-order valence-corrected chi connectivity index (χ0v) is 11.5. The van der Waals surface area contributed by atoms with Crippen molar-refractivity contribution in [3.8, 4) is 0 Å². The Morgan fingerprint density at radius 2 is 2.00 bits per heavy atom. The summed E-state index contributed by atoms with van der Waals surface area (Å²) in [7, 11) is 0. The molecule has 0 radical (unpaired) electrons. The summed E-state index contributed by atoms with van der Waals surface area (Å²) in [5.74, 6) is 0. The third-order valence-electron chi connectivity index (χ3n) is 2.82. The molecule has 0 saturated heterocycles. The Hall–Kier alpha value is -1.79. The Morgan fingerprint density at radius 1 is 1.37 bits per heavy atom. The second-order valence-corrected chi connectivity index (χ2v) is 5.56. The lowest BCUT2D eigenvalue weighted by Gasteiger charge is -2.09. The summed E-state index contributed by atoms with van der Waals surface area (Å²) in [5, 5.41) is 21.7. The van der Waals surface area contributed by atoms with Crippen LogP contribution in [0.4, 0.5) is 5.69 Å². The minimum absolute atomic E-state index is 0.0584. The highest BCUT2D eigenvalue weighted by Gasteiger charge is 2.15. The van der Waals surface area contributed by atoms with Gasteiger partial charge in [-0.15, -0.1) is 11.3 Å². The summed E-state index contributed by atoms with van der Waals surface area (Å²) >= 11 is 1.48. The number of thiazole rings is 1. The second-order valence-electron chi connectivity index (χ2n) is 4.33. The van der Waals surface area contributed by atoms with Crippen LogP contribution in [-0.2, 0) is 6.42 Å². The second kappa shape index (κ2) is 5.46. The number of nitrogens with zero attached hydrogens (tertiary/aromatic N) is 2. The van der Waals surface area contributed by atoms with Gasteiger partial charge in [0.2, 0.25) is 0 Å². The van der Waals surface area contributed by atoms with E-state index in [0.29, 0.717) is 6.42 Å². The van der Waals surface area contributed by atoms with E-state index in [2.05, 4.69) is 4.98 Å². The molecule has 100 valence electrons. The molecule has 0 saturated carbocycles. The van der Waals surface area contributed by atoms with Crippen molar-refractivity contribution in [3.63, 3.8) is 0 Å². The van der Waals surface area contributed by atoms with Crippen LogP contribution in [0.25, 0.3) is 0 Å². The molecule has 1 N–H and O–H groups in total. The number of aromatic nitrogens is 1. The number of rotatable bonds is 4. The van der Waals surface area contributed by atoms with Gasteiger partial charge in [0.25, 0.3) is 5.69 Å². The van der Waals surface area contributed by atoms with Gasteiger partial charge in [0.05, 0.1) is 26.6 Å². The van der Waals surface area contributed by atoms with Crippen molar-refractivity contribution in [2.24, 2.45) is 0 Å². The fourth-order valence-electron chi connectivity index (χ4n) is 1.93. The van der Waals surface area contributed by atoms with Gasteiger partial charge >= 0.3 is 0 Å². The average Bonchev–Trinajstić information content (AvgIpc) is 2.69. The molecule has 0 aliphatic heterocycles. The third kappa shape index (κ3) is 3.15. The van der Waals surface area contributed by atoms with Crippen LogP contribution in [0.1, 0.15) is 27.2 Å². The molecule has 1 aromatic carbocycles. The predicted molar refractivity (Wildman–Crippen MR) is 73.3 cm³/mol. The van der Waals surface area contributed by atoms with Gasteiger partial charge in [0.1, 0.15) is 0 Å². The van der Waals surface area contributed by atoms with Crippen molar-refractivity contribution < 1.29 is 10.0 Å². The van der Waals surface area contributed by atoms with Crippen LogP contribution in [0.2, 0.25) is 0 Å². The van der Waals surface area contributed by atoms with Crippen LogP contribution in [-0.4, -0.2) is 15.0 Å². The van der Waals surface area contributed by atoms with E-state index in [4.69, 9.17) is 0 Å². The minimum Gasteiger partial charge on any atom is -0.387 e. The number of nitro benzene ring substituents is 1. The summed E-state index contributed by atoms with van der Waals surface area (Å²) in [6, 6.07) is 6.24. The van der Waals surface area contributed by atoms with E-state index in [-0.39, 0.29) is 5.69 Å². The Morgan fingerprint density at radius 3 is 2.47 bits per heavy atom. The lowest BCUT2D eigenvalue weighted by atomic mass is 10.1. The summed E-state index contributed by atoms with van der Waals surface area (Å²) in [4.78, 5) is 15.3. The van der Waals surface area contributed by atoms with Gasteiger partial charge in [0.15, 0.2) is 0 Å². The van der Waals surface area contributed by atoms with Gasteiger partial charge < -0.3 is 5.11 Å². The van der Waals surface area contributed by atoms with Gasteiger partial charge in [0, 0.05) is 18.6 Å². The number of aryl methyl sites for hydroxylation is 2. The monoisotopic (exact) mass is 278 g/mol. The maximum Gasteiger partial charge on any atom is 0.269 e. The Balaban J connectivity index is 2.12. The molecule has 2 rings (SSSR count). The smallest absolute Gasteiger partial charge is 0.269 e. The molecule has 1 atom stereocenters. The first-order chi connectivity index (χ1) is 8.97. The lowest BCUT2D eigenvalue weighted by molar-refractivity contribution is -0.384. The van der Waals surface area contributed by atoms with Crippen molar-refractivity contribution in [2.75, 3.05) is 0 Å². The molecule has 5 nitrogen and oxygen atoms in total. The predicted octanol–water partition coefficient (Wildman–Crippen LogP) is 2.94. The first-order valence-electron chi connectivity index (χ1n) is 5.82. The number of hydrogen-bond donors (Lipinski definition) is 1. The summed E-state index contributed by atoms with van der Waals surface area (Å²) < 4.78 is 0. The summed E-state index contributed by atoms with van der Waals surface area (Å²) in [5.41, 5.74) is 1.77. The van der Waals surface area contributed by atoms with E-state index in [1.54, 1.807) is 12.1 Å². The van der Waals surface area contributed by atoms with Crippen LogP contribution >= 0.6 is 11.3 Å². The molecular formula is C13H14N2O3S. The Bertz CT molecular complexity index is 592. The van der Waals surface area contributed by atoms with Gasteiger partial charge in [-0.05, 0) is 19.4 Å². The van der Waals surface area contributed by atoms with Crippen LogP contribution in [0, 0.1) is 24.0 Å². The van der Waals surface area contributed by atoms with E-state index in [1.165, 1.54) is 23.5 Å². The van der Waals surface area contributed by atoms with Crippen LogP contribution in [0.15, 0.2) is 24.3 Å². The minimum atomic E-state index is -0.618. The van der Waals surface area contributed by atoms with Gasteiger partial charge in [-0.25, -0.2) is 4.98 Å². The van der Waals surface area contributed by atoms with Crippen LogP contribution < -0.4 is 0 Å². The van der Waals surface area contributed by atoms with Crippen molar-refractivity contribution in [1.29, 1.82) is 0 Å². The molecule has 1 heterocycles. The highest BCUT2D eigenvalue weighted by atomic mass is 32.1. The van der Waals surface area contributed by atoms with E-state index < -0.39 is 11.0 Å². The standard InChI is InChI=1S/C13H14N2O3S/c1-8-13(19-9(2)14-8)12(16)7-10-3-5-11(6-4-10)15(17)18/h3-6,12,16H,7H2,1-2H3. The molecule has 19 heavy (non-hydrogen) atoms. The van der Waals surface area contributed by atoms with E-state index in [0.717, 1.165) is 21.1 Å². The highest BCUT2D eigenvalue weighted by Crippen LogP contribution is 2.27. The summed E-state index contributed by atoms with van der Waals surface area (Å²) in [6.45, 7) is 3.78. The van der Waals surface area contributed by atoms with Crippen molar-refractivity contribution >= 4 is 17.0 Å². The first-order valence-corrected chi connectivity index (χ1v) is 6.64. The number of nitro groups is 1. The SMILES string of the molecule is Cc1nc(C)c(C(O)Cc2ccc([N+](=O)[O-])cc2)s1. The number of aliphatic hydroxyl groups is 1. The zero-order chi connectivity index (χ0) is 14.0. The molecule has 0 aliphatic rings. The number of benzene rings is 1. The molecule has 0 bridgehead atoms. The Kier molecular flexibility index (Phi) is 3.92. The molecular weight excluding hydrogens is 264 g/mol. The molecule has 0 aliphatic carbocycles. The molecule has 1 aromatic heterocycles. The summed E-state index contributed by atoms with van der Waals surface area (Å²) in [6.07, 6.45) is -0.187. The van der Waals surface area contributed by atoms with Crippen molar-refractivity contribution in [1.82, 2.24) is 4.98 Å². The van der Waals surface area contributed by atoms with Crippen molar-refractivity contribution in [3.05, 3.63) is 55.5 Å². The third-order valence-corrected chi connectivity index (χ3v) is 3.99. The van der Waals surface area contributed by atoms with Gasteiger partial charge in [-0.1, -0.05) is 12.1 Å². The average molecular weight is 278 g/mol. The molecule has 1 unspecified atom stereocenters. The zero-order valence-electron chi connectivity index (χ0n) is 10.7. The highest BCUT2D eigenvalue weighted by molar-refractivity contribution is 7.11. The van der Waals surface area contributed by atoms with E-state index in [9.17, 15) is 15.2 Å². The van der Waals surface area contributed by atoms with Crippen molar-refractivity contribution in [2.45, 2.75) is 26.4 Å². The van der Waals surface area contributed by atoms with E-state index in [1.807, 2.05) is 13.8 Å². The maximum atomic E-state index is 10.6. The largest absolute Gasteiger partial charge is 0.387 e. The fraction of sp³-hybridized carbons (Fsp3) is 0.308. The topological polar surface area (TPSA) is 76.3 Å². The van der Waals surface area contributed by atoms with Crippen LogP contribution in [0.3, 0.4) is 0 Å². The molecule has 0 amide bonds. The molecule has 0 spiro atoms.